The molecule has 2 aromatic rings. The second-order valence-electron chi connectivity index (χ2n) is 5.14. The third-order valence-corrected chi connectivity index (χ3v) is 3.52. The summed E-state index contributed by atoms with van der Waals surface area (Å²) in [4.78, 5) is 18.4. The highest BCUT2D eigenvalue weighted by Gasteiger charge is 2.14. The van der Waals surface area contributed by atoms with Crippen molar-refractivity contribution in [3.8, 4) is 0 Å². The number of hydrogen-bond donors (Lipinski definition) is 1. The molecule has 2 rings (SSSR count). The Bertz CT molecular complexity index is 622. The number of aromatic nitrogens is 2. The summed E-state index contributed by atoms with van der Waals surface area (Å²) in [6.07, 6.45) is 3.36. The molecule has 0 amide bonds. The third-order valence-electron chi connectivity index (χ3n) is 3.52. The van der Waals surface area contributed by atoms with Crippen molar-refractivity contribution in [2.24, 2.45) is 0 Å². The lowest BCUT2D eigenvalue weighted by atomic mass is 10.1. The fraction of sp³-hybridized carbons (Fsp3) is 0.375. The van der Waals surface area contributed by atoms with E-state index in [2.05, 4.69) is 27.3 Å². The Labute approximate surface area is 125 Å². The first-order chi connectivity index (χ1) is 10.1. The molecule has 0 aliphatic carbocycles. The van der Waals surface area contributed by atoms with E-state index in [1.807, 2.05) is 39.2 Å². The summed E-state index contributed by atoms with van der Waals surface area (Å²) >= 11 is 0. The highest BCUT2D eigenvalue weighted by Crippen LogP contribution is 2.17. The molecule has 1 aromatic carbocycles. The quantitative estimate of drug-likeness (QED) is 0.882. The van der Waals surface area contributed by atoms with E-state index in [1.54, 1.807) is 17.0 Å². The van der Waals surface area contributed by atoms with E-state index in [4.69, 9.17) is 0 Å². The van der Waals surface area contributed by atoms with Crippen LogP contribution in [0.15, 0.2) is 47.5 Å². The van der Waals surface area contributed by atoms with Crippen LogP contribution in [0, 0.1) is 0 Å². The molecule has 1 heterocycles. The molecule has 21 heavy (non-hydrogen) atoms. The largest absolute Gasteiger partial charge is 0.364 e. The minimum Gasteiger partial charge on any atom is -0.364 e. The van der Waals surface area contributed by atoms with Crippen LogP contribution >= 0.6 is 0 Å². The summed E-state index contributed by atoms with van der Waals surface area (Å²) in [5, 5.41) is 3.18. The van der Waals surface area contributed by atoms with E-state index in [0.29, 0.717) is 18.9 Å². The van der Waals surface area contributed by atoms with Crippen LogP contribution in [0.3, 0.4) is 0 Å². The second-order valence-corrected chi connectivity index (χ2v) is 5.14. The molecule has 0 spiro atoms. The van der Waals surface area contributed by atoms with Gasteiger partial charge in [0, 0.05) is 25.5 Å². The highest BCUT2D eigenvalue weighted by atomic mass is 16.1. The van der Waals surface area contributed by atoms with Crippen LogP contribution < -0.4 is 10.9 Å². The van der Waals surface area contributed by atoms with E-state index in [1.165, 1.54) is 5.56 Å². The van der Waals surface area contributed by atoms with Gasteiger partial charge in [-0.25, -0.2) is 4.98 Å². The molecule has 0 fully saturated rings. The van der Waals surface area contributed by atoms with E-state index in [9.17, 15) is 4.79 Å². The van der Waals surface area contributed by atoms with E-state index in [-0.39, 0.29) is 11.6 Å². The average molecular weight is 286 g/mol. The first kappa shape index (κ1) is 15.3. The predicted molar refractivity (Wildman–Crippen MR) is 85.5 cm³/mol. The monoisotopic (exact) mass is 286 g/mol. The molecule has 0 aliphatic rings. The van der Waals surface area contributed by atoms with Crippen LogP contribution in [0.1, 0.15) is 18.5 Å². The maximum absolute atomic E-state index is 12.1. The summed E-state index contributed by atoms with van der Waals surface area (Å²) < 4.78 is 1.64. The zero-order chi connectivity index (χ0) is 15.2. The SMILES string of the molecule is CCn1ccnc(NCC(c2ccccc2)N(C)C)c1=O. The number of rotatable bonds is 6. The smallest absolute Gasteiger partial charge is 0.293 e. The van der Waals surface area contributed by atoms with E-state index < -0.39 is 0 Å². The van der Waals surface area contributed by atoms with Gasteiger partial charge in [-0.3, -0.25) is 4.79 Å². The first-order valence-corrected chi connectivity index (χ1v) is 7.14. The van der Waals surface area contributed by atoms with Crippen LogP contribution in [0.4, 0.5) is 5.82 Å². The highest BCUT2D eigenvalue weighted by molar-refractivity contribution is 5.32. The fourth-order valence-electron chi connectivity index (χ4n) is 2.28. The molecular weight excluding hydrogens is 264 g/mol. The first-order valence-electron chi connectivity index (χ1n) is 7.14. The van der Waals surface area contributed by atoms with Crippen LogP contribution in [0.2, 0.25) is 0 Å². The van der Waals surface area contributed by atoms with Crippen LogP contribution in [0.5, 0.6) is 0 Å². The van der Waals surface area contributed by atoms with Gasteiger partial charge in [-0.1, -0.05) is 30.3 Å². The summed E-state index contributed by atoms with van der Waals surface area (Å²) in [7, 11) is 4.06. The number of hydrogen-bond acceptors (Lipinski definition) is 4. The van der Waals surface area contributed by atoms with E-state index >= 15 is 0 Å². The van der Waals surface area contributed by atoms with Gasteiger partial charge in [0.1, 0.15) is 0 Å². The van der Waals surface area contributed by atoms with Gasteiger partial charge in [0.05, 0.1) is 6.04 Å². The Balaban J connectivity index is 2.15. The number of aryl methyl sites for hydroxylation is 1. The Kier molecular flexibility index (Phi) is 5.11. The molecule has 5 nitrogen and oxygen atoms in total. The zero-order valence-corrected chi connectivity index (χ0v) is 12.8. The number of nitrogens with zero attached hydrogens (tertiary/aromatic N) is 3. The van der Waals surface area contributed by atoms with Crippen LogP contribution in [-0.4, -0.2) is 35.1 Å². The van der Waals surface area contributed by atoms with Crippen molar-refractivity contribution in [1.29, 1.82) is 0 Å². The summed E-state index contributed by atoms with van der Waals surface area (Å²) in [6, 6.07) is 10.4. The maximum atomic E-state index is 12.1. The average Bonchev–Trinajstić information content (AvgIpc) is 2.50. The van der Waals surface area contributed by atoms with Crippen molar-refractivity contribution in [2.75, 3.05) is 26.0 Å². The molecule has 0 aliphatic heterocycles. The minimum absolute atomic E-state index is 0.0782. The van der Waals surface area contributed by atoms with Gasteiger partial charge in [0.2, 0.25) is 0 Å². The van der Waals surface area contributed by atoms with Crippen molar-refractivity contribution in [2.45, 2.75) is 19.5 Å². The summed E-state index contributed by atoms with van der Waals surface area (Å²) in [6.45, 7) is 3.22. The zero-order valence-electron chi connectivity index (χ0n) is 12.8. The topological polar surface area (TPSA) is 50.2 Å². The van der Waals surface area contributed by atoms with Gasteiger partial charge in [-0.05, 0) is 26.6 Å². The Morgan fingerprint density at radius 3 is 2.62 bits per heavy atom. The molecule has 1 atom stereocenters. The van der Waals surface area contributed by atoms with Gasteiger partial charge in [0.25, 0.3) is 5.56 Å². The molecule has 5 heteroatoms. The lowest BCUT2D eigenvalue weighted by molar-refractivity contribution is 0.311. The normalized spacial score (nSPS) is 12.4. The molecule has 0 radical (unpaired) electrons. The van der Waals surface area contributed by atoms with Gasteiger partial charge >= 0.3 is 0 Å². The van der Waals surface area contributed by atoms with E-state index in [0.717, 1.165) is 0 Å². The minimum atomic E-state index is -0.0782. The lowest BCUT2D eigenvalue weighted by Crippen LogP contribution is -2.30. The van der Waals surface area contributed by atoms with Gasteiger partial charge in [0.15, 0.2) is 5.82 Å². The van der Waals surface area contributed by atoms with Gasteiger partial charge < -0.3 is 14.8 Å². The third kappa shape index (κ3) is 3.70. The van der Waals surface area contributed by atoms with Gasteiger partial charge in [-0.2, -0.15) is 0 Å². The molecule has 0 saturated heterocycles. The van der Waals surface area contributed by atoms with Crippen molar-refractivity contribution >= 4 is 5.82 Å². The maximum Gasteiger partial charge on any atom is 0.293 e. The molecule has 1 N–H and O–H groups in total. The summed E-state index contributed by atoms with van der Waals surface area (Å²) in [5.41, 5.74) is 1.13. The predicted octanol–water partition coefficient (Wildman–Crippen LogP) is 1.98. The molecule has 112 valence electrons. The number of anilines is 1. The molecule has 0 saturated carbocycles. The van der Waals surface area contributed by atoms with Crippen molar-refractivity contribution in [1.82, 2.24) is 14.5 Å². The van der Waals surface area contributed by atoms with Crippen molar-refractivity contribution in [3.63, 3.8) is 0 Å². The molecule has 1 aromatic heterocycles. The lowest BCUT2D eigenvalue weighted by Gasteiger charge is -2.25. The molecular formula is C16H22N4O. The Morgan fingerprint density at radius 2 is 2.00 bits per heavy atom. The Hall–Kier alpha value is -2.14. The Morgan fingerprint density at radius 1 is 1.29 bits per heavy atom. The number of benzene rings is 1. The summed E-state index contributed by atoms with van der Waals surface area (Å²) in [5.74, 6) is 0.405. The van der Waals surface area contributed by atoms with Crippen molar-refractivity contribution in [3.05, 3.63) is 58.6 Å². The van der Waals surface area contributed by atoms with Crippen LogP contribution in [-0.2, 0) is 6.54 Å². The standard InChI is InChI=1S/C16H22N4O/c1-4-20-11-10-17-15(16(20)21)18-12-14(19(2)3)13-8-6-5-7-9-13/h5-11,14H,4,12H2,1-3H3,(H,17,18). The second kappa shape index (κ2) is 7.04. The number of likely N-dealkylation sites (N-methyl/N-ethyl adjacent to an activating group) is 1. The van der Waals surface area contributed by atoms with Crippen molar-refractivity contribution < 1.29 is 0 Å². The molecule has 0 bridgehead atoms. The van der Waals surface area contributed by atoms with Crippen LogP contribution in [0.25, 0.3) is 0 Å². The fourth-order valence-corrected chi connectivity index (χ4v) is 2.28. The number of nitrogens with one attached hydrogen (secondary N) is 1. The molecule has 1 unspecified atom stereocenters. The van der Waals surface area contributed by atoms with Gasteiger partial charge in [-0.15, -0.1) is 0 Å².